The lowest BCUT2D eigenvalue weighted by Crippen LogP contribution is -2.29. The van der Waals surface area contributed by atoms with Crippen LogP contribution in [0.1, 0.15) is 5.56 Å². The lowest BCUT2D eigenvalue weighted by molar-refractivity contribution is 0.290. The van der Waals surface area contributed by atoms with E-state index in [1.165, 1.54) is 12.1 Å². The van der Waals surface area contributed by atoms with Crippen molar-refractivity contribution >= 4 is 35.8 Å². The summed E-state index contributed by atoms with van der Waals surface area (Å²) in [6, 6.07) is 8.48. The molecule has 0 heterocycles. The minimum atomic E-state index is -1.68. The van der Waals surface area contributed by atoms with Gasteiger partial charge in [-0.2, -0.15) is 0 Å². The third-order valence-electron chi connectivity index (χ3n) is 2.65. The standard InChI is InChI=1S/C13H10BCl2FO3/c15-10-3-1-8(11(16)6-10)7-20-13-5-9(14(18)19)2-4-12(13)17/h1-6,18-19H,7H2. The van der Waals surface area contributed by atoms with E-state index in [0.29, 0.717) is 15.6 Å². The van der Waals surface area contributed by atoms with Gasteiger partial charge in [-0.3, -0.25) is 0 Å². The van der Waals surface area contributed by atoms with E-state index in [0.717, 1.165) is 6.07 Å². The van der Waals surface area contributed by atoms with Crippen molar-refractivity contribution in [2.45, 2.75) is 6.61 Å². The molecule has 2 N–H and O–H groups in total. The SMILES string of the molecule is OB(O)c1ccc(F)c(OCc2ccc(Cl)cc2Cl)c1. The van der Waals surface area contributed by atoms with Crippen LogP contribution in [0, 0.1) is 5.82 Å². The van der Waals surface area contributed by atoms with Crippen molar-refractivity contribution in [3.63, 3.8) is 0 Å². The second-order valence-corrected chi connectivity index (χ2v) is 4.93. The number of rotatable bonds is 4. The monoisotopic (exact) mass is 314 g/mol. The minimum absolute atomic E-state index is 0.0396. The minimum Gasteiger partial charge on any atom is -0.486 e. The summed E-state index contributed by atoms with van der Waals surface area (Å²) in [5.74, 6) is -0.680. The van der Waals surface area contributed by atoms with Crippen LogP contribution in [0.2, 0.25) is 10.0 Å². The largest absolute Gasteiger partial charge is 0.488 e. The van der Waals surface area contributed by atoms with E-state index in [1.807, 2.05) is 0 Å². The zero-order valence-electron chi connectivity index (χ0n) is 10.2. The van der Waals surface area contributed by atoms with Gasteiger partial charge in [0.05, 0.1) is 0 Å². The average molecular weight is 315 g/mol. The van der Waals surface area contributed by atoms with Crippen LogP contribution in [0.15, 0.2) is 36.4 Å². The number of halogens is 3. The molecule has 104 valence electrons. The predicted molar refractivity (Wildman–Crippen MR) is 77.0 cm³/mol. The number of hydrogen-bond acceptors (Lipinski definition) is 3. The molecule has 0 aromatic heterocycles. The summed E-state index contributed by atoms with van der Waals surface area (Å²) in [4.78, 5) is 0. The lowest BCUT2D eigenvalue weighted by Gasteiger charge is -2.10. The predicted octanol–water partition coefficient (Wildman–Crippen LogP) is 2.39. The van der Waals surface area contributed by atoms with Gasteiger partial charge in [0.25, 0.3) is 0 Å². The number of ether oxygens (including phenoxy) is 1. The fraction of sp³-hybridized carbons (Fsp3) is 0.0769. The molecular weight excluding hydrogens is 305 g/mol. The first kappa shape index (κ1) is 15.1. The lowest BCUT2D eigenvalue weighted by atomic mass is 9.80. The molecular formula is C13H10BCl2FO3. The first-order chi connectivity index (χ1) is 9.47. The van der Waals surface area contributed by atoms with Gasteiger partial charge in [-0.15, -0.1) is 0 Å². The Hall–Kier alpha value is -1.27. The molecule has 0 saturated carbocycles. The van der Waals surface area contributed by atoms with Crippen LogP contribution >= 0.6 is 23.2 Å². The smallest absolute Gasteiger partial charge is 0.486 e. The molecule has 0 unspecified atom stereocenters. The topological polar surface area (TPSA) is 49.7 Å². The Morgan fingerprint density at radius 2 is 1.85 bits per heavy atom. The van der Waals surface area contributed by atoms with Gasteiger partial charge < -0.3 is 14.8 Å². The van der Waals surface area contributed by atoms with Crippen molar-refractivity contribution in [2.75, 3.05) is 0 Å². The molecule has 0 amide bonds. The molecule has 0 aliphatic carbocycles. The highest BCUT2D eigenvalue weighted by molar-refractivity contribution is 6.58. The summed E-state index contributed by atoms with van der Waals surface area (Å²) in [5.41, 5.74) is 0.786. The molecule has 0 bridgehead atoms. The fourth-order valence-electron chi connectivity index (χ4n) is 1.59. The van der Waals surface area contributed by atoms with E-state index in [-0.39, 0.29) is 17.8 Å². The average Bonchev–Trinajstić information content (AvgIpc) is 2.39. The molecule has 0 atom stereocenters. The van der Waals surface area contributed by atoms with Crippen molar-refractivity contribution < 1.29 is 19.2 Å². The second kappa shape index (κ2) is 6.46. The normalized spacial score (nSPS) is 10.4. The van der Waals surface area contributed by atoms with Crippen molar-refractivity contribution in [2.24, 2.45) is 0 Å². The fourth-order valence-corrected chi connectivity index (χ4v) is 2.05. The summed E-state index contributed by atoms with van der Waals surface area (Å²) < 4.78 is 18.9. The van der Waals surface area contributed by atoms with Gasteiger partial charge in [0, 0.05) is 15.6 Å². The zero-order valence-corrected chi connectivity index (χ0v) is 11.7. The van der Waals surface area contributed by atoms with Gasteiger partial charge in [0.1, 0.15) is 6.61 Å². The van der Waals surface area contributed by atoms with E-state index >= 15 is 0 Å². The Kier molecular flexibility index (Phi) is 4.88. The summed E-state index contributed by atoms with van der Waals surface area (Å²) in [7, 11) is -1.68. The Bertz CT molecular complexity index is 623. The highest BCUT2D eigenvalue weighted by Gasteiger charge is 2.14. The van der Waals surface area contributed by atoms with E-state index in [1.54, 1.807) is 18.2 Å². The Labute approximate surface area is 125 Å². The van der Waals surface area contributed by atoms with Crippen LogP contribution in [0.3, 0.4) is 0 Å². The quantitative estimate of drug-likeness (QED) is 0.852. The zero-order chi connectivity index (χ0) is 14.7. The van der Waals surface area contributed by atoms with Crippen LogP contribution in [0.25, 0.3) is 0 Å². The Balaban J connectivity index is 2.16. The summed E-state index contributed by atoms with van der Waals surface area (Å²) >= 11 is 11.8. The van der Waals surface area contributed by atoms with Crippen LogP contribution in [-0.2, 0) is 6.61 Å². The molecule has 2 rings (SSSR count). The molecule has 2 aromatic carbocycles. The maximum Gasteiger partial charge on any atom is 0.488 e. The number of hydrogen-bond donors (Lipinski definition) is 2. The van der Waals surface area contributed by atoms with Crippen LogP contribution in [0.4, 0.5) is 4.39 Å². The van der Waals surface area contributed by atoms with Gasteiger partial charge >= 0.3 is 7.12 Å². The van der Waals surface area contributed by atoms with Crippen LogP contribution < -0.4 is 10.2 Å². The summed E-state index contributed by atoms with van der Waals surface area (Å²) in [6.45, 7) is 0.0396. The van der Waals surface area contributed by atoms with Gasteiger partial charge in [-0.25, -0.2) is 4.39 Å². The first-order valence-corrected chi connectivity index (χ1v) is 6.45. The molecule has 3 nitrogen and oxygen atoms in total. The van der Waals surface area contributed by atoms with Crippen LogP contribution in [-0.4, -0.2) is 17.2 Å². The molecule has 2 aromatic rings. The molecule has 0 aliphatic rings. The maximum atomic E-state index is 13.6. The molecule has 0 fully saturated rings. The highest BCUT2D eigenvalue weighted by atomic mass is 35.5. The van der Waals surface area contributed by atoms with Crippen LogP contribution in [0.5, 0.6) is 5.75 Å². The molecule has 0 saturated heterocycles. The third kappa shape index (κ3) is 3.64. The van der Waals surface area contributed by atoms with Gasteiger partial charge in [-0.1, -0.05) is 35.3 Å². The van der Waals surface area contributed by atoms with Gasteiger partial charge in [0.15, 0.2) is 11.6 Å². The van der Waals surface area contributed by atoms with Gasteiger partial charge in [-0.05, 0) is 29.7 Å². The molecule has 20 heavy (non-hydrogen) atoms. The van der Waals surface area contributed by atoms with Crippen molar-refractivity contribution in [3.05, 3.63) is 57.8 Å². The first-order valence-electron chi connectivity index (χ1n) is 5.69. The highest BCUT2D eigenvalue weighted by Crippen LogP contribution is 2.23. The Morgan fingerprint density at radius 3 is 2.50 bits per heavy atom. The molecule has 0 spiro atoms. The maximum absolute atomic E-state index is 13.6. The van der Waals surface area contributed by atoms with Gasteiger partial charge in [0.2, 0.25) is 0 Å². The van der Waals surface area contributed by atoms with E-state index in [4.69, 9.17) is 38.0 Å². The summed E-state index contributed by atoms with van der Waals surface area (Å²) in [5, 5.41) is 19.0. The molecule has 0 aliphatic heterocycles. The van der Waals surface area contributed by atoms with Crippen molar-refractivity contribution in [3.8, 4) is 5.75 Å². The number of benzene rings is 2. The van der Waals surface area contributed by atoms with E-state index in [9.17, 15) is 4.39 Å². The van der Waals surface area contributed by atoms with E-state index in [2.05, 4.69) is 0 Å². The third-order valence-corrected chi connectivity index (χ3v) is 3.24. The second-order valence-electron chi connectivity index (χ2n) is 4.09. The summed E-state index contributed by atoms with van der Waals surface area (Å²) in [6.07, 6.45) is 0. The molecule has 7 heteroatoms. The van der Waals surface area contributed by atoms with Crippen molar-refractivity contribution in [1.29, 1.82) is 0 Å². The van der Waals surface area contributed by atoms with E-state index < -0.39 is 12.9 Å². The molecule has 0 radical (unpaired) electrons. The van der Waals surface area contributed by atoms with Crippen molar-refractivity contribution in [1.82, 2.24) is 0 Å². The Morgan fingerprint density at radius 1 is 1.10 bits per heavy atom.